The van der Waals surface area contributed by atoms with E-state index in [9.17, 15) is 9.59 Å². The predicted molar refractivity (Wildman–Crippen MR) is 69.1 cm³/mol. The van der Waals surface area contributed by atoms with Gasteiger partial charge in [-0.25, -0.2) is 9.59 Å². The molecule has 1 aromatic rings. The maximum atomic E-state index is 11.6. The Balaban J connectivity index is 2.35. The normalized spacial score (nSPS) is 11.9. The first-order valence-electron chi connectivity index (χ1n) is 6.21. The number of nitrogens with one attached hydrogen (secondary N) is 2. The van der Waals surface area contributed by atoms with Gasteiger partial charge in [0.25, 0.3) is 0 Å². The van der Waals surface area contributed by atoms with E-state index in [1.807, 2.05) is 0 Å². The number of ether oxygens (including phenoxy) is 1. The number of aliphatic carboxylic acids is 1. The predicted octanol–water partition coefficient (Wildman–Crippen LogP) is 0.662. The number of nitrogens with zero attached hydrogens (tertiary/aromatic N) is 1. The summed E-state index contributed by atoms with van der Waals surface area (Å²) >= 11 is 0. The molecule has 1 aromatic heterocycles. The fourth-order valence-electron chi connectivity index (χ4n) is 1.57. The summed E-state index contributed by atoms with van der Waals surface area (Å²) in [4.78, 5) is 22.6. The van der Waals surface area contributed by atoms with Crippen molar-refractivity contribution >= 4 is 12.0 Å². The number of aromatic nitrogens is 1. The average molecular weight is 285 g/mol. The second-order valence-corrected chi connectivity index (χ2v) is 4.28. The number of methoxy groups -OCH3 is 1. The fraction of sp³-hybridized carbons (Fsp3) is 0.583. The highest BCUT2D eigenvalue weighted by atomic mass is 16.5. The minimum absolute atomic E-state index is 0.174. The molecular formula is C12H19N3O5. The summed E-state index contributed by atoms with van der Waals surface area (Å²) in [5, 5.41) is 17.6. The van der Waals surface area contributed by atoms with Gasteiger partial charge in [0.2, 0.25) is 0 Å². The zero-order valence-corrected chi connectivity index (χ0v) is 11.5. The molecule has 0 saturated carbocycles. The monoisotopic (exact) mass is 285 g/mol. The molecule has 112 valence electrons. The number of amides is 2. The quantitative estimate of drug-likeness (QED) is 0.605. The lowest BCUT2D eigenvalue weighted by Gasteiger charge is -2.14. The van der Waals surface area contributed by atoms with Crippen LogP contribution < -0.4 is 10.6 Å². The van der Waals surface area contributed by atoms with Crippen LogP contribution in [0.3, 0.4) is 0 Å². The number of urea groups is 1. The van der Waals surface area contributed by atoms with E-state index in [1.165, 1.54) is 7.11 Å². The van der Waals surface area contributed by atoms with Gasteiger partial charge in [0.05, 0.1) is 6.54 Å². The minimum atomic E-state index is -1.08. The number of rotatable bonds is 8. The number of hydrogen-bond acceptors (Lipinski definition) is 5. The van der Waals surface area contributed by atoms with E-state index in [0.29, 0.717) is 30.9 Å². The lowest BCUT2D eigenvalue weighted by Crippen LogP contribution is -2.45. The topological polar surface area (TPSA) is 114 Å². The average Bonchev–Trinajstić information content (AvgIpc) is 2.81. The molecule has 2 amide bonds. The minimum Gasteiger partial charge on any atom is -0.480 e. The third kappa shape index (κ3) is 5.70. The number of hydrogen-bond donors (Lipinski definition) is 3. The van der Waals surface area contributed by atoms with Crippen molar-refractivity contribution in [3.8, 4) is 0 Å². The summed E-state index contributed by atoms with van der Waals surface area (Å²) in [6.07, 6.45) is 0.857. The van der Waals surface area contributed by atoms with Crippen LogP contribution in [0.25, 0.3) is 0 Å². The van der Waals surface area contributed by atoms with Crippen LogP contribution in [-0.4, -0.2) is 42.0 Å². The van der Waals surface area contributed by atoms with E-state index < -0.39 is 18.0 Å². The fourth-order valence-corrected chi connectivity index (χ4v) is 1.57. The smallest absolute Gasteiger partial charge is 0.326 e. The van der Waals surface area contributed by atoms with Gasteiger partial charge in [-0.3, -0.25) is 0 Å². The van der Waals surface area contributed by atoms with Gasteiger partial charge in [-0.15, -0.1) is 0 Å². The second-order valence-electron chi connectivity index (χ2n) is 4.28. The summed E-state index contributed by atoms with van der Waals surface area (Å²) in [6, 6.07) is 0.188. The molecular weight excluding hydrogens is 266 g/mol. The number of carbonyl (C=O) groups is 2. The SMILES string of the molecule is COCCCC(NC(=O)NCc1cc(C)on1)C(=O)O. The molecule has 0 aliphatic carbocycles. The van der Waals surface area contributed by atoms with Crippen LogP contribution >= 0.6 is 0 Å². The zero-order valence-electron chi connectivity index (χ0n) is 11.5. The van der Waals surface area contributed by atoms with Crippen molar-refractivity contribution in [3.05, 3.63) is 17.5 Å². The summed E-state index contributed by atoms with van der Waals surface area (Å²) in [6.45, 7) is 2.37. The summed E-state index contributed by atoms with van der Waals surface area (Å²) in [7, 11) is 1.54. The Morgan fingerprint density at radius 3 is 2.85 bits per heavy atom. The summed E-state index contributed by atoms with van der Waals surface area (Å²) in [5.41, 5.74) is 0.573. The van der Waals surface area contributed by atoms with Crippen LogP contribution in [0.4, 0.5) is 4.79 Å². The van der Waals surface area contributed by atoms with Crippen molar-refractivity contribution in [1.82, 2.24) is 15.8 Å². The Bertz CT molecular complexity index is 446. The van der Waals surface area contributed by atoms with E-state index in [0.717, 1.165) is 0 Å². The molecule has 3 N–H and O–H groups in total. The Hall–Kier alpha value is -2.09. The molecule has 8 heteroatoms. The third-order valence-electron chi connectivity index (χ3n) is 2.55. The lowest BCUT2D eigenvalue weighted by atomic mass is 10.1. The molecule has 8 nitrogen and oxygen atoms in total. The third-order valence-corrected chi connectivity index (χ3v) is 2.55. The highest BCUT2D eigenvalue weighted by Crippen LogP contribution is 2.01. The first-order chi connectivity index (χ1) is 9.52. The molecule has 1 atom stereocenters. The Kier molecular flexibility index (Phi) is 6.51. The number of carboxylic acid groups (broad SMARTS) is 1. The maximum absolute atomic E-state index is 11.6. The molecule has 0 radical (unpaired) electrons. The molecule has 0 aliphatic heterocycles. The van der Waals surface area contributed by atoms with Gasteiger partial charge in [-0.2, -0.15) is 0 Å². The maximum Gasteiger partial charge on any atom is 0.326 e. The molecule has 0 aliphatic rings. The van der Waals surface area contributed by atoms with Crippen molar-refractivity contribution in [2.75, 3.05) is 13.7 Å². The first kappa shape index (κ1) is 16.0. The van der Waals surface area contributed by atoms with Gasteiger partial charge in [0, 0.05) is 19.8 Å². The van der Waals surface area contributed by atoms with Crippen molar-refractivity contribution in [2.45, 2.75) is 32.4 Å². The molecule has 20 heavy (non-hydrogen) atoms. The van der Waals surface area contributed by atoms with Crippen molar-refractivity contribution in [2.24, 2.45) is 0 Å². The molecule has 1 rings (SSSR count). The van der Waals surface area contributed by atoms with Gasteiger partial charge in [0.1, 0.15) is 17.5 Å². The van der Waals surface area contributed by atoms with Crippen LogP contribution in [0.2, 0.25) is 0 Å². The van der Waals surface area contributed by atoms with E-state index >= 15 is 0 Å². The molecule has 0 spiro atoms. The summed E-state index contributed by atoms with van der Waals surface area (Å²) in [5.74, 6) is -0.432. The van der Waals surface area contributed by atoms with Crippen molar-refractivity contribution in [1.29, 1.82) is 0 Å². The number of carbonyl (C=O) groups excluding carboxylic acids is 1. The highest BCUT2D eigenvalue weighted by Gasteiger charge is 2.19. The van der Waals surface area contributed by atoms with Gasteiger partial charge < -0.3 is 25.0 Å². The Morgan fingerprint density at radius 2 is 2.30 bits per heavy atom. The van der Waals surface area contributed by atoms with Crippen molar-refractivity contribution in [3.63, 3.8) is 0 Å². The van der Waals surface area contributed by atoms with Gasteiger partial charge in [-0.1, -0.05) is 5.16 Å². The Morgan fingerprint density at radius 1 is 1.55 bits per heavy atom. The number of carboxylic acids is 1. The van der Waals surface area contributed by atoms with E-state index in [2.05, 4.69) is 15.8 Å². The largest absolute Gasteiger partial charge is 0.480 e. The van der Waals surface area contributed by atoms with Gasteiger partial charge in [0.15, 0.2) is 0 Å². The highest BCUT2D eigenvalue weighted by molar-refractivity contribution is 5.82. The molecule has 0 aromatic carbocycles. The van der Waals surface area contributed by atoms with E-state index in [4.69, 9.17) is 14.4 Å². The van der Waals surface area contributed by atoms with Crippen LogP contribution in [0.15, 0.2) is 10.6 Å². The molecule has 0 saturated heterocycles. The zero-order chi connectivity index (χ0) is 15.0. The molecule has 0 bridgehead atoms. The Labute approximate surface area is 116 Å². The standard InChI is InChI=1S/C12H19N3O5/c1-8-6-9(15-20-8)7-13-12(18)14-10(11(16)17)4-3-5-19-2/h6,10H,3-5,7H2,1-2H3,(H,16,17)(H2,13,14,18). The van der Waals surface area contributed by atoms with E-state index in [1.54, 1.807) is 13.0 Å². The number of aryl methyl sites for hydroxylation is 1. The van der Waals surface area contributed by atoms with Crippen LogP contribution in [0.5, 0.6) is 0 Å². The van der Waals surface area contributed by atoms with Crippen LogP contribution in [-0.2, 0) is 16.1 Å². The van der Waals surface area contributed by atoms with E-state index in [-0.39, 0.29) is 6.54 Å². The first-order valence-corrected chi connectivity index (χ1v) is 6.21. The summed E-state index contributed by atoms with van der Waals surface area (Å²) < 4.78 is 9.70. The van der Waals surface area contributed by atoms with Crippen LogP contribution in [0.1, 0.15) is 24.3 Å². The van der Waals surface area contributed by atoms with Crippen LogP contribution in [0, 0.1) is 6.92 Å². The molecule has 1 heterocycles. The van der Waals surface area contributed by atoms with Gasteiger partial charge in [-0.05, 0) is 19.8 Å². The van der Waals surface area contributed by atoms with Crippen molar-refractivity contribution < 1.29 is 24.0 Å². The molecule has 0 fully saturated rings. The second kappa shape index (κ2) is 8.16. The van der Waals surface area contributed by atoms with Gasteiger partial charge >= 0.3 is 12.0 Å². The lowest BCUT2D eigenvalue weighted by molar-refractivity contribution is -0.139. The molecule has 1 unspecified atom stereocenters.